The summed E-state index contributed by atoms with van der Waals surface area (Å²) in [6.07, 6.45) is -0.724. The Balaban J connectivity index is 1.99. The third kappa shape index (κ3) is 4.29. The Hall–Kier alpha value is -2.89. The molecule has 0 radical (unpaired) electrons. The van der Waals surface area contributed by atoms with Gasteiger partial charge in [-0.1, -0.05) is 6.07 Å². The quantitative estimate of drug-likeness (QED) is 0.675. The minimum absolute atomic E-state index is 0.0235. The number of rotatable bonds is 5. The largest absolute Gasteiger partial charge is 0.481 e. The highest BCUT2D eigenvalue weighted by molar-refractivity contribution is 5.94. The molecule has 0 spiro atoms. The van der Waals surface area contributed by atoms with Crippen LogP contribution in [0, 0.1) is 24.0 Å². The van der Waals surface area contributed by atoms with Crippen LogP contribution < -0.4 is 10.1 Å². The predicted molar refractivity (Wildman–Crippen MR) is 87.7 cm³/mol. The highest BCUT2D eigenvalue weighted by Crippen LogP contribution is 2.19. The molecule has 0 fully saturated rings. The van der Waals surface area contributed by atoms with Crippen molar-refractivity contribution >= 4 is 17.3 Å². The molecule has 0 aromatic heterocycles. The summed E-state index contributed by atoms with van der Waals surface area (Å²) in [6.45, 7) is 5.60. The number of carbonyl (C=O) groups is 1. The van der Waals surface area contributed by atoms with Crippen LogP contribution in [0.4, 0.5) is 11.4 Å². The van der Waals surface area contributed by atoms with Gasteiger partial charge in [0.15, 0.2) is 6.10 Å². The van der Waals surface area contributed by atoms with Gasteiger partial charge in [-0.3, -0.25) is 14.9 Å². The van der Waals surface area contributed by atoms with Crippen LogP contribution in [0.1, 0.15) is 18.1 Å². The van der Waals surface area contributed by atoms with Crippen molar-refractivity contribution < 1.29 is 14.5 Å². The van der Waals surface area contributed by atoms with Crippen LogP contribution in [0.3, 0.4) is 0 Å². The Kier molecular flexibility index (Phi) is 4.95. The van der Waals surface area contributed by atoms with Crippen LogP contribution in [-0.4, -0.2) is 16.9 Å². The van der Waals surface area contributed by atoms with Gasteiger partial charge in [0.05, 0.1) is 4.92 Å². The number of aryl methyl sites for hydroxylation is 2. The SMILES string of the molecule is Cc1ccc(NC(=O)C(C)Oc2ccc([N+](=O)[O-])cc2)cc1C. The Labute approximate surface area is 134 Å². The number of anilines is 1. The maximum Gasteiger partial charge on any atom is 0.269 e. The zero-order valence-electron chi connectivity index (χ0n) is 13.2. The molecule has 2 aromatic rings. The number of ether oxygens (including phenoxy) is 1. The molecule has 1 amide bonds. The van der Waals surface area contributed by atoms with E-state index in [1.807, 2.05) is 32.0 Å². The molecule has 0 heterocycles. The van der Waals surface area contributed by atoms with Crippen molar-refractivity contribution in [2.24, 2.45) is 0 Å². The van der Waals surface area contributed by atoms with E-state index in [1.165, 1.54) is 24.3 Å². The van der Waals surface area contributed by atoms with E-state index in [0.717, 1.165) is 11.1 Å². The van der Waals surface area contributed by atoms with E-state index in [2.05, 4.69) is 5.32 Å². The molecule has 0 bridgehead atoms. The summed E-state index contributed by atoms with van der Waals surface area (Å²) in [7, 11) is 0. The van der Waals surface area contributed by atoms with Gasteiger partial charge in [-0.05, 0) is 56.2 Å². The fourth-order valence-electron chi connectivity index (χ4n) is 1.97. The molecular formula is C17H18N2O4. The fourth-order valence-corrected chi connectivity index (χ4v) is 1.97. The molecule has 0 aliphatic rings. The van der Waals surface area contributed by atoms with Crippen LogP contribution in [-0.2, 0) is 4.79 Å². The third-order valence-electron chi connectivity index (χ3n) is 3.50. The summed E-state index contributed by atoms with van der Waals surface area (Å²) in [5.74, 6) is 0.116. The number of hydrogen-bond acceptors (Lipinski definition) is 4. The third-order valence-corrected chi connectivity index (χ3v) is 3.50. The lowest BCUT2D eigenvalue weighted by Gasteiger charge is -2.15. The first kappa shape index (κ1) is 16.5. The molecule has 0 saturated heterocycles. The van der Waals surface area contributed by atoms with Gasteiger partial charge in [0.1, 0.15) is 5.75 Å². The normalized spacial score (nSPS) is 11.6. The molecule has 0 saturated carbocycles. The summed E-state index contributed by atoms with van der Waals surface area (Å²) in [5.41, 5.74) is 2.92. The number of hydrogen-bond donors (Lipinski definition) is 1. The van der Waals surface area contributed by atoms with Crippen molar-refractivity contribution in [2.45, 2.75) is 26.9 Å². The second kappa shape index (κ2) is 6.91. The molecule has 6 heteroatoms. The second-order valence-corrected chi connectivity index (χ2v) is 5.30. The van der Waals surface area contributed by atoms with E-state index >= 15 is 0 Å². The van der Waals surface area contributed by atoms with Gasteiger partial charge in [-0.2, -0.15) is 0 Å². The minimum atomic E-state index is -0.724. The molecule has 0 aliphatic carbocycles. The Morgan fingerprint density at radius 2 is 1.78 bits per heavy atom. The molecule has 1 unspecified atom stereocenters. The maximum absolute atomic E-state index is 12.1. The first-order valence-electron chi connectivity index (χ1n) is 7.16. The minimum Gasteiger partial charge on any atom is -0.481 e. The van der Waals surface area contributed by atoms with E-state index < -0.39 is 11.0 Å². The summed E-state index contributed by atoms with van der Waals surface area (Å²) in [6, 6.07) is 11.3. The predicted octanol–water partition coefficient (Wildman–Crippen LogP) is 3.62. The smallest absolute Gasteiger partial charge is 0.269 e. The first-order chi connectivity index (χ1) is 10.9. The molecule has 6 nitrogen and oxygen atoms in total. The van der Waals surface area contributed by atoms with E-state index in [9.17, 15) is 14.9 Å². The number of benzene rings is 2. The van der Waals surface area contributed by atoms with Gasteiger partial charge in [0, 0.05) is 17.8 Å². The summed E-state index contributed by atoms with van der Waals surface area (Å²) in [4.78, 5) is 22.3. The zero-order valence-corrected chi connectivity index (χ0v) is 13.2. The highest BCUT2D eigenvalue weighted by Gasteiger charge is 2.15. The van der Waals surface area contributed by atoms with E-state index in [1.54, 1.807) is 6.92 Å². The number of nitrogens with zero attached hydrogens (tertiary/aromatic N) is 1. The van der Waals surface area contributed by atoms with Gasteiger partial charge in [0.25, 0.3) is 11.6 Å². The monoisotopic (exact) mass is 314 g/mol. The van der Waals surface area contributed by atoms with Crippen LogP contribution in [0.5, 0.6) is 5.75 Å². The number of amides is 1. The van der Waals surface area contributed by atoms with E-state index in [-0.39, 0.29) is 11.6 Å². The molecule has 23 heavy (non-hydrogen) atoms. The van der Waals surface area contributed by atoms with Gasteiger partial charge in [-0.15, -0.1) is 0 Å². The van der Waals surface area contributed by atoms with Gasteiger partial charge in [0.2, 0.25) is 0 Å². The summed E-state index contributed by atoms with van der Waals surface area (Å²) < 4.78 is 5.50. The van der Waals surface area contributed by atoms with Gasteiger partial charge in [-0.25, -0.2) is 0 Å². The Bertz CT molecular complexity index is 726. The van der Waals surface area contributed by atoms with Crippen molar-refractivity contribution in [3.8, 4) is 5.75 Å². The van der Waals surface area contributed by atoms with E-state index in [0.29, 0.717) is 11.4 Å². The van der Waals surface area contributed by atoms with Crippen molar-refractivity contribution in [1.29, 1.82) is 0 Å². The number of nitro benzene ring substituents is 1. The molecule has 0 aliphatic heterocycles. The molecule has 1 N–H and O–H groups in total. The summed E-state index contributed by atoms with van der Waals surface area (Å²) in [5, 5.41) is 13.4. The topological polar surface area (TPSA) is 81.5 Å². The van der Waals surface area contributed by atoms with Crippen LogP contribution in [0.25, 0.3) is 0 Å². The standard InChI is InChI=1S/C17H18N2O4/c1-11-4-5-14(10-12(11)2)18-17(20)13(3)23-16-8-6-15(7-9-16)19(21)22/h4-10,13H,1-3H3,(H,18,20). The van der Waals surface area contributed by atoms with Gasteiger partial charge >= 0.3 is 0 Å². The number of nitro groups is 1. The van der Waals surface area contributed by atoms with Crippen molar-refractivity contribution in [3.63, 3.8) is 0 Å². The average molecular weight is 314 g/mol. The van der Waals surface area contributed by atoms with E-state index in [4.69, 9.17) is 4.74 Å². The lowest BCUT2D eigenvalue weighted by molar-refractivity contribution is -0.384. The lowest BCUT2D eigenvalue weighted by atomic mass is 10.1. The fraction of sp³-hybridized carbons (Fsp3) is 0.235. The van der Waals surface area contributed by atoms with Crippen molar-refractivity contribution in [3.05, 3.63) is 63.7 Å². The number of nitrogens with one attached hydrogen (secondary N) is 1. The molecule has 1 atom stereocenters. The highest BCUT2D eigenvalue weighted by atomic mass is 16.6. The average Bonchev–Trinajstić information content (AvgIpc) is 2.51. The van der Waals surface area contributed by atoms with Crippen molar-refractivity contribution in [2.75, 3.05) is 5.32 Å². The van der Waals surface area contributed by atoms with Crippen molar-refractivity contribution in [1.82, 2.24) is 0 Å². The number of non-ortho nitro benzene ring substituents is 1. The second-order valence-electron chi connectivity index (χ2n) is 5.30. The van der Waals surface area contributed by atoms with Crippen LogP contribution in [0.15, 0.2) is 42.5 Å². The maximum atomic E-state index is 12.1. The molecular weight excluding hydrogens is 296 g/mol. The lowest BCUT2D eigenvalue weighted by Crippen LogP contribution is -2.30. The molecule has 2 aromatic carbocycles. The van der Waals surface area contributed by atoms with Crippen LogP contribution in [0.2, 0.25) is 0 Å². The van der Waals surface area contributed by atoms with Gasteiger partial charge < -0.3 is 10.1 Å². The molecule has 2 rings (SSSR count). The Morgan fingerprint density at radius 3 is 2.35 bits per heavy atom. The Morgan fingerprint density at radius 1 is 1.13 bits per heavy atom. The number of carbonyl (C=O) groups excluding carboxylic acids is 1. The van der Waals surface area contributed by atoms with Crippen LogP contribution >= 0.6 is 0 Å². The zero-order chi connectivity index (χ0) is 17.0. The molecule has 120 valence electrons. The summed E-state index contributed by atoms with van der Waals surface area (Å²) >= 11 is 0. The first-order valence-corrected chi connectivity index (χ1v) is 7.16.